The summed E-state index contributed by atoms with van der Waals surface area (Å²) in [6, 6.07) is 0. The van der Waals surface area contributed by atoms with E-state index in [-0.39, 0.29) is 6.15 Å². The summed E-state index contributed by atoms with van der Waals surface area (Å²) in [4.78, 5) is 10.7. The van der Waals surface area contributed by atoms with E-state index in [1.54, 1.807) is 0 Å². The highest BCUT2D eigenvalue weighted by molar-refractivity contribution is 5.75. The molecule has 0 bridgehead atoms. The van der Waals surface area contributed by atoms with E-state index in [9.17, 15) is 25.2 Å². The molecule has 0 aromatic carbocycles. The van der Waals surface area contributed by atoms with E-state index in [1.807, 2.05) is 0 Å². The van der Waals surface area contributed by atoms with Crippen LogP contribution in [0.15, 0.2) is 0 Å². The molecule has 0 aliphatic carbocycles. The maximum absolute atomic E-state index is 10.7. The molecule has 17 heavy (non-hydrogen) atoms. The fraction of sp³-hybridized carbons (Fsp3) is 0.875. The predicted molar refractivity (Wildman–Crippen MR) is 53.2 cm³/mol. The Hall–Kier alpha value is -0.810. The van der Waals surface area contributed by atoms with Crippen molar-refractivity contribution in [3.05, 3.63) is 0 Å². The van der Waals surface area contributed by atoms with Gasteiger partial charge in [0.1, 0.15) is 18.3 Å². The van der Waals surface area contributed by atoms with Crippen molar-refractivity contribution in [1.29, 1.82) is 0 Å². The minimum Gasteiger partial charge on any atom is -0.477 e. The van der Waals surface area contributed by atoms with Gasteiger partial charge < -0.3 is 41.5 Å². The summed E-state index contributed by atoms with van der Waals surface area (Å²) in [6.45, 7) is -0.801. The molecule has 1 saturated heterocycles. The number of carboxylic acids is 1. The highest BCUT2D eigenvalue weighted by Crippen LogP contribution is 2.29. The summed E-state index contributed by atoms with van der Waals surface area (Å²) in [5, 5.41) is 54.7. The summed E-state index contributed by atoms with van der Waals surface area (Å²) in [5.74, 6) is -4.42. The van der Waals surface area contributed by atoms with Crippen molar-refractivity contribution in [1.82, 2.24) is 6.15 Å². The van der Waals surface area contributed by atoms with E-state index in [4.69, 9.17) is 10.2 Å². The molecular formula is C8H18NO8+. The maximum Gasteiger partial charge on any atom is 0.364 e. The van der Waals surface area contributed by atoms with Crippen molar-refractivity contribution in [2.24, 2.45) is 0 Å². The van der Waals surface area contributed by atoms with Gasteiger partial charge in [-0.3, -0.25) is 0 Å². The van der Waals surface area contributed by atoms with Crippen LogP contribution in [-0.4, -0.2) is 73.4 Å². The number of rotatable bonds is 3. The molecule has 102 valence electrons. The van der Waals surface area contributed by atoms with Gasteiger partial charge in [0, 0.05) is 6.42 Å². The lowest BCUT2D eigenvalue weighted by atomic mass is 9.93. The molecule has 0 amide bonds. The van der Waals surface area contributed by atoms with Gasteiger partial charge in [-0.1, -0.05) is 0 Å². The molecule has 1 heterocycles. The number of hydrogen-bond acceptors (Lipinski definition) is 7. The zero-order chi connectivity index (χ0) is 12.5. The molecule has 0 spiro atoms. The molecule has 0 radical (unpaired) electrons. The Morgan fingerprint density at radius 1 is 1.47 bits per heavy atom. The monoisotopic (exact) mass is 256 g/mol. The number of hydrogen-bond donors (Lipinski definition) is 7. The van der Waals surface area contributed by atoms with Gasteiger partial charge in [0.2, 0.25) is 0 Å². The lowest BCUT2D eigenvalue weighted by molar-refractivity contribution is -0.308. The van der Waals surface area contributed by atoms with Crippen LogP contribution in [0.5, 0.6) is 0 Å². The zero-order valence-electron chi connectivity index (χ0n) is 9.22. The predicted octanol–water partition coefficient (Wildman–Crippen LogP) is -3.00. The highest BCUT2D eigenvalue weighted by Gasteiger charge is 2.52. The number of aliphatic hydroxyl groups excluding tert-OH is 4. The largest absolute Gasteiger partial charge is 0.477 e. The first kappa shape index (κ1) is 16.2. The Kier molecular flexibility index (Phi) is 5.42. The number of carbonyl (C=O) groups is 1. The summed E-state index contributed by atoms with van der Waals surface area (Å²) >= 11 is 0. The van der Waals surface area contributed by atoms with Crippen LogP contribution in [0.1, 0.15) is 6.42 Å². The average Bonchev–Trinajstić information content (AvgIpc) is 2.22. The van der Waals surface area contributed by atoms with Gasteiger partial charge in [0.25, 0.3) is 5.79 Å². The number of aliphatic carboxylic acids is 1. The zero-order valence-corrected chi connectivity index (χ0v) is 9.22. The van der Waals surface area contributed by atoms with E-state index in [1.165, 1.54) is 0 Å². The van der Waals surface area contributed by atoms with Crippen LogP contribution in [0.3, 0.4) is 0 Å². The van der Waals surface area contributed by atoms with E-state index < -0.39 is 49.2 Å². The summed E-state index contributed by atoms with van der Waals surface area (Å²) in [7, 11) is 0. The summed E-state index contributed by atoms with van der Waals surface area (Å²) < 4.78 is 4.61. The molecule has 1 rings (SSSR count). The molecule has 1 fully saturated rings. The SMILES string of the molecule is O=C(O)[C@@]1(O)C[C@@H](O)[C@@H](O)[C@@H]([C@H](O)CO)O1.[NH4+]. The lowest BCUT2D eigenvalue weighted by Gasteiger charge is -2.41. The molecule has 0 aromatic rings. The van der Waals surface area contributed by atoms with Crippen molar-refractivity contribution >= 4 is 5.97 Å². The smallest absolute Gasteiger partial charge is 0.364 e. The minimum atomic E-state index is -2.68. The molecule has 0 saturated carbocycles. The third-order valence-corrected chi connectivity index (χ3v) is 2.45. The second-order valence-corrected chi connectivity index (χ2v) is 3.68. The Balaban J connectivity index is 0.00000256. The molecule has 1 aliphatic rings. The molecule has 5 atom stereocenters. The van der Waals surface area contributed by atoms with Crippen molar-refractivity contribution < 1.29 is 40.2 Å². The van der Waals surface area contributed by atoms with Crippen molar-refractivity contribution in [3.63, 3.8) is 0 Å². The van der Waals surface area contributed by atoms with Crippen LogP contribution >= 0.6 is 0 Å². The van der Waals surface area contributed by atoms with Crippen molar-refractivity contribution in [2.75, 3.05) is 6.61 Å². The van der Waals surface area contributed by atoms with E-state index in [0.717, 1.165) is 0 Å². The van der Waals surface area contributed by atoms with Gasteiger partial charge in [-0.2, -0.15) is 0 Å². The van der Waals surface area contributed by atoms with E-state index >= 15 is 0 Å². The number of ether oxygens (including phenoxy) is 1. The first-order valence-corrected chi connectivity index (χ1v) is 4.60. The molecular weight excluding hydrogens is 238 g/mol. The first-order valence-electron chi connectivity index (χ1n) is 4.60. The molecule has 9 heteroatoms. The van der Waals surface area contributed by atoms with Crippen LogP contribution in [0.2, 0.25) is 0 Å². The third-order valence-electron chi connectivity index (χ3n) is 2.45. The van der Waals surface area contributed by atoms with Crippen LogP contribution in [0, 0.1) is 0 Å². The molecule has 10 N–H and O–H groups in total. The van der Waals surface area contributed by atoms with E-state index in [2.05, 4.69) is 4.74 Å². The average molecular weight is 256 g/mol. The van der Waals surface area contributed by atoms with Gasteiger partial charge in [-0.25, -0.2) is 4.79 Å². The second-order valence-electron chi connectivity index (χ2n) is 3.68. The number of quaternary nitrogens is 1. The van der Waals surface area contributed by atoms with Gasteiger partial charge in [0.15, 0.2) is 0 Å². The van der Waals surface area contributed by atoms with Crippen molar-refractivity contribution in [2.45, 2.75) is 36.6 Å². The minimum absolute atomic E-state index is 0. The quantitative estimate of drug-likeness (QED) is 0.278. The van der Waals surface area contributed by atoms with Crippen LogP contribution in [0.25, 0.3) is 0 Å². The normalized spacial score (nSPS) is 39.2. The van der Waals surface area contributed by atoms with Crippen LogP contribution < -0.4 is 6.15 Å². The van der Waals surface area contributed by atoms with Gasteiger partial charge in [-0.15, -0.1) is 0 Å². The number of aliphatic hydroxyl groups is 5. The van der Waals surface area contributed by atoms with E-state index in [0.29, 0.717) is 0 Å². The third kappa shape index (κ3) is 3.10. The van der Waals surface area contributed by atoms with Gasteiger partial charge in [-0.05, 0) is 0 Å². The van der Waals surface area contributed by atoms with Gasteiger partial charge in [0.05, 0.1) is 12.7 Å². The summed E-state index contributed by atoms with van der Waals surface area (Å²) in [5.41, 5.74) is 0. The fourth-order valence-electron chi connectivity index (χ4n) is 1.51. The van der Waals surface area contributed by atoms with Gasteiger partial charge >= 0.3 is 5.97 Å². The lowest BCUT2D eigenvalue weighted by Crippen LogP contribution is -2.61. The Morgan fingerprint density at radius 3 is 2.41 bits per heavy atom. The second kappa shape index (κ2) is 5.69. The van der Waals surface area contributed by atoms with Crippen LogP contribution in [0.4, 0.5) is 0 Å². The first-order chi connectivity index (χ1) is 7.31. The molecule has 0 unspecified atom stereocenters. The highest BCUT2D eigenvalue weighted by atomic mass is 16.7. The fourth-order valence-corrected chi connectivity index (χ4v) is 1.51. The van der Waals surface area contributed by atoms with Crippen LogP contribution in [-0.2, 0) is 9.53 Å². The Labute approximate surface area is 96.5 Å². The molecule has 9 nitrogen and oxygen atoms in total. The van der Waals surface area contributed by atoms with Crippen molar-refractivity contribution in [3.8, 4) is 0 Å². The molecule has 0 aromatic heterocycles. The maximum atomic E-state index is 10.7. The summed E-state index contributed by atoms with van der Waals surface area (Å²) in [6.07, 6.45) is -7.05. The molecule has 1 aliphatic heterocycles. The standard InChI is InChI=1S/C8H14O8.H3N/c9-2-4(11)6-5(12)3(10)1-8(15,16-6)7(13)14;/h3-6,9-12,15H,1-2H2,(H,13,14);1H3/p+1/t3-,4-,5-,6-,8-;/m1./s1. The topological polar surface area (TPSA) is 184 Å². The Bertz CT molecular complexity index is 274. The number of carboxylic acid groups (broad SMARTS) is 1. The Morgan fingerprint density at radius 2 is 2.00 bits per heavy atom.